The average Bonchev–Trinajstić information content (AvgIpc) is 2.66. The monoisotopic (exact) mass is 493 g/mol. The van der Waals surface area contributed by atoms with E-state index in [1.54, 1.807) is 12.1 Å². The fourth-order valence-electron chi connectivity index (χ4n) is 3.34. The van der Waals surface area contributed by atoms with Crippen molar-refractivity contribution in [3.8, 4) is 0 Å². The molecule has 0 fully saturated rings. The molecule has 1 aliphatic rings. The van der Waals surface area contributed by atoms with E-state index in [0.29, 0.717) is 24.5 Å². The summed E-state index contributed by atoms with van der Waals surface area (Å²) in [7, 11) is -3.68. The lowest BCUT2D eigenvalue weighted by atomic mass is 9.99. The zero-order valence-electron chi connectivity index (χ0n) is 16.0. The summed E-state index contributed by atoms with van der Waals surface area (Å²) < 4.78 is 27.3. The number of hydrogen-bond acceptors (Lipinski definition) is 5. The number of benzene rings is 2. The molecule has 1 N–H and O–H groups in total. The van der Waals surface area contributed by atoms with Crippen LogP contribution < -0.4 is 4.72 Å². The van der Waals surface area contributed by atoms with E-state index in [2.05, 4.69) is 9.62 Å². The summed E-state index contributed by atoms with van der Waals surface area (Å²) in [6, 6.07) is 9.30. The van der Waals surface area contributed by atoms with Crippen LogP contribution in [0.1, 0.15) is 24.0 Å². The number of nitrogens with one attached hydrogen (secondary N) is 1. The van der Waals surface area contributed by atoms with Gasteiger partial charge in [-0.05, 0) is 55.1 Å². The molecule has 30 heavy (non-hydrogen) atoms. The lowest BCUT2D eigenvalue weighted by molar-refractivity contribution is -0.385. The Morgan fingerprint density at radius 1 is 1.10 bits per heavy atom. The summed E-state index contributed by atoms with van der Waals surface area (Å²) in [5.41, 5.74) is 2.25. The maximum absolute atomic E-state index is 12.3. The van der Waals surface area contributed by atoms with Crippen LogP contribution in [0.3, 0.4) is 0 Å². The van der Waals surface area contributed by atoms with Gasteiger partial charge in [0, 0.05) is 36.8 Å². The third-order valence-corrected chi connectivity index (χ3v) is 7.05. The Morgan fingerprint density at radius 2 is 1.87 bits per heavy atom. The number of fused-ring (bicyclic) bond motifs is 1. The second-order valence-corrected chi connectivity index (χ2v) is 9.49. The third-order valence-electron chi connectivity index (χ3n) is 4.87. The van der Waals surface area contributed by atoms with Crippen LogP contribution in [0.25, 0.3) is 0 Å². The van der Waals surface area contributed by atoms with Crippen LogP contribution in [0, 0.1) is 10.1 Å². The third kappa shape index (κ3) is 6.29. The maximum Gasteiger partial charge on any atom is 0.269 e. The second-order valence-electron chi connectivity index (χ2n) is 6.92. The minimum Gasteiger partial charge on any atom is -0.299 e. The molecule has 2 aromatic carbocycles. The van der Waals surface area contributed by atoms with Gasteiger partial charge in [0.05, 0.1) is 9.95 Å². The van der Waals surface area contributed by atoms with Crippen molar-refractivity contribution in [3.05, 3.63) is 67.7 Å². The van der Waals surface area contributed by atoms with Gasteiger partial charge in [0.25, 0.3) is 5.69 Å². The molecule has 3 rings (SSSR count). The largest absolute Gasteiger partial charge is 0.299 e. The molecule has 7 nitrogen and oxygen atoms in total. The first-order valence-electron chi connectivity index (χ1n) is 9.19. The van der Waals surface area contributed by atoms with Gasteiger partial charge in [-0.3, -0.25) is 15.0 Å². The number of nitro groups is 1. The molecule has 0 saturated heterocycles. The van der Waals surface area contributed by atoms with E-state index < -0.39 is 10.0 Å². The highest BCUT2D eigenvalue weighted by molar-refractivity contribution is 7.89. The number of unbranched alkanes of at least 4 members (excludes halogenated alkanes) is 1. The topological polar surface area (TPSA) is 92.6 Å². The SMILES string of the molecule is Cl.O=[N+]([O-])c1ccc2c(c1)CN(CCCCNS(=O)(=O)c1ccc(Cl)cc1Cl)CC2. The Bertz CT molecular complexity index is 1020. The summed E-state index contributed by atoms with van der Waals surface area (Å²) in [6.45, 7) is 2.66. The quantitative estimate of drug-likeness (QED) is 0.333. The number of halogens is 3. The van der Waals surface area contributed by atoms with Crippen LogP contribution in [0.4, 0.5) is 5.69 Å². The van der Waals surface area contributed by atoms with Crippen molar-refractivity contribution in [2.24, 2.45) is 0 Å². The number of non-ortho nitro benzene ring substituents is 1. The van der Waals surface area contributed by atoms with Crippen molar-refractivity contribution in [1.29, 1.82) is 0 Å². The average molecular weight is 495 g/mol. The molecule has 1 aliphatic heterocycles. The van der Waals surface area contributed by atoms with Gasteiger partial charge < -0.3 is 0 Å². The number of rotatable bonds is 8. The number of nitro benzene ring substituents is 1. The molecule has 1 heterocycles. The van der Waals surface area contributed by atoms with Crippen LogP contribution in [-0.2, 0) is 23.0 Å². The van der Waals surface area contributed by atoms with E-state index in [9.17, 15) is 18.5 Å². The first kappa shape index (κ1) is 24.8. The maximum atomic E-state index is 12.3. The van der Waals surface area contributed by atoms with Crippen LogP contribution in [-0.4, -0.2) is 37.9 Å². The zero-order valence-corrected chi connectivity index (χ0v) is 19.2. The molecule has 2 aromatic rings. The smallest absolute Gasteiger partial charge is 0.269 e. The van der Waals surface area contributed by atoms with Gasteiger partial charge in [-0.2, -0.15) is 0 Å². The molecule has 11 heteroatoms. The predicted octanol–water partition coefficient (Wildman–Crippen LogP) is 4.44. The van der Waals surface area contributed by atoms with Crippen LogP contribution in [0.2, 0.25) is 10.0 Å². The molecule has 0 bridgehead atoms. The van der Waals surface area contributed by atoms with Crippen LogP contribution >= 0.6 is 35.6 Å². The van der Waals surface area contributed by atoms with Crippen LogP contribution in [0.15, 0.2) is 41.3 Å². The molecule has 164 valence electrons. The second kappa shape index (κ2) is 10.7. The summed E-state index contributed by atoms with van der Waals surface area (Å²) >= 11 is 11.8. The van der Waals surface area contributed by atoms with Gasteiger partial charge in [0.15, 0.2) is 0 Å². The molecule has 0 unspecified atom stereocenters. The van der Waals surface area contributed by atoms with E-state index in [1.165, 1.54) is 18.2 Å². The van der Waals surface area contributed by atoms with Gasteiger partial charge >= 0.3 is 0 Å². The molecule has 0 spiro atoms. The molecule has 0 amide bonds. The van der Waals surface area contributed by atoms with E-state index in [4.69, 9.17) is 23.2 Å². The minimum atomic E-state index is -3.68. The Labute approximate surface area is 192 Å². The lowest BCUT2D eigenvalue weighted by Crippen LogP contribution is -2.32. The van der Waals surface area contributed by atoms with Crippen LogP contribution in [0.5, 0.6) is 0 Å². The normalized spacial score (nSPS) is 14.1. The summed E-state index contributed by atoms with van der Waals surface area (Å²) in [5.74, 6) is 0. The highest BCUT2D eigenvalue weighted by Crippen LogP contribution is 2.25. The van der Waals surface area contributed by atoms with E-state index in [1.807, 2.05) is 6.07 Å². The number of nitrogens with zero attached hydrogens (tertiary/aromatic N) is 2. The Hall–Kier alpha value is -1.42. The molecule has 0 aliphatic carbocycles. The van der Waals surface area contributed by atoms with Gasteiger partial charge in [-0.15, -0.1) is 12.4 Å². The van der Waals surface area contributed by atoms with Gasteiger partial charge in [-0.25, -0.2) is 13.1 Å². The van der Waals surface area contributed by atoms with E-state index >= 15 is 0 Å². The first-order chi connectivity index (χ1) is 13.8. The fourth-order valence-corrected chi connectivity index (χ4v) is 5.19. The number of hydrogen-bond donors (Lipinski definition) is 1. The molecular weight excluding hydrogens is 473 g/mol. The number of sulfonamides is 1. The summed E-state index contributed by atoms with van der Waals surface area (Å²) in [4.78, 5) is 12.8. The standard InChI is InChI=1S/C19H21Cl2N3O4S.ClH/c20-16-4-6-19(18(21)12-16)29(27,28)22-8-1-2-9-23-10-7-14-3-5-17(24(25)26)11-15(14)13-23;/h3-6,11-12,22H,1-2,7-10,13H2;1H. The van der Waals surface area contributed by atoms with Crippen molar-refractivity contribution < 1.29 is 13.3 Å². The zero-order chi connectivity index (χ0) is 21.0. The van der Waals surface area contributed by atoms with Crippen molar-refractivity contribution in [2.45, 2.75) is 30.7 Å². The Kier molecular flexibility index (Phi) is 8.90. The Balaban J connectivity index is 0.00000320. The molecule has 0 atom stereocenters. The summed E-state index contributed by atoms with van der Waals surface area (Å²) in [6.07, 6.45) is 2.33. The molecule has 0 saturated carbocycles. The molecular formula is C19H22Cl3N3O4S. The minimum absolute atomic E-state index is 0. The van der Waals surface area contributed by atoms with E-state index in [0.717, 1.165) is 37.1 Å². The van der Waals surface area contributed by atoms with Gasteiger partial charge in [0.1, 0.15) is 4.90 Å². The first-order valence-corrected chi connectivity index (χ1v) is 11.4. The van der Waals surface area contributed by atoms with Gasteiger partial charge in [0.2, 0.25) is 10.0 Å². The van der Waals surface area contributed by atoms with E-state index in [-0.39, 0.29) is 32.9 Å². The fraction of sp³-hybridized carbons (Fsp3) is 0.368. The highest BCUT2D eigenvalue weighted by atomic mass is 35.5. The lowest BCUT2D eigenvalue weighted by Gasteiger charge is -2.28. The van der Waals surface area contributed by atoms with Crippen molar-refractivity contribution in [2.75, 3.05) is 19.6 Å². The Morgan fingerprint density at radius 3 is 2.57 bits per heavy atom. The van der Waals surface area contributed by atoms with Crippen molar-refractivity contribution >= 4 is 51.3 Å². The predicted molar refractivity (Wildman–Crippen MR) is 120 cm³/mol. The summed E-state index contributed by atoms with van der Waals surface area (Å²) in [5, 5.41) is 11.4. The van der Waals surface area contributed by atoms with Crippen molar-refractivity contribution in [1.82, 2.24) is 9.62 Å². The molecule has 0 radical (unpaired) electrons. The van der Waals surface area contributed by atoms with Crippen molar-refractivity contribution in [3.63, 3.8) is 0 Å². The van der Waals surface area contributed by atoms with Gasteiger partial charge in [-0.1, -0.05) is 29.3 Å². The molecule has 0 aromatic heterocycles. The highest BCUT2D eigenvalue weighted by Gasteiger charge is 2.20.